The average Bonchev–Trinajstić information content (AvgIpc) is 2.33. The molecule has 1 heterocycles. The van der Waals surface area contributed by atoms with E-state index in [2.05, 4.69) is 0 Å². The van der Waals surface area contributed by atoms with Gasteiger partial charge in [-0.15, -0.1) is 0 Å². The van der Waals surface area contributed by atoms with Gasteiger partial charge in [0.2, 0.25) is 0 Å². The summed E-state index contributed by atoms with van der Waals surface area (Å²) in [7, 11) is 0. The first kappa shape index (κ1) is 8.80. The highest BCUT2D eigenvalue weighted by atomic mass is 16.4. The number of carboxylic acids is 1. The first-order valence-electron chi connectivity index (χ1n) is 3.62. The molecule has 3 N–H and O–H groups in total. The molecule has 0 fully saturated rings. The Balaban J connectivity index is 2.71. The molecule has 12 heavy (non-hydrogen) atoms. The molecule has 0 saturated carbocycles. The Morgan fingerprint density at radius 2 is 2.50 bits per heavy atom. The van der Waals surface area contributed by atoms with Gasteiger partial charge in [0.05, 0.1) is 18.7 Å². The molecule has 0 spiro atoms. The van der Waals surface area contributed by atoms with E-state index < -0.39 is 12.0 Å². The van der Waals surface area contributed by atoms with Crippen LogP contribution in [0.5, 0.6) is 0 Å². The molecule has 4 nitrogen and oxygen atoms in total. The zero-order valence-corrected chi connectivity index (χ0v) is 6.78. The maximum atomic E-state index is 10.3. The molecule has 0 bridgehead atoms. The highest BCUT2D eigenvalue weighted by molar-refractivity contribution is 5.67. The molecule has 0 aliphatic heterocycles. The standard InChI is InChI=1S/C8H11NO3/c1-5-2-3-12-8(5)6(9)4-7(10)11/h2-3,6H,4,9H2,1H3,(H,10,11)/t6-/m0/s1. The first-order valence-corrected chi connectivity index (χ1v) is 3.62. The van der Waals surface area contributed by atoms with Crippen molar-refractivity contribution in [1.82, 2.24) is 0 Å². The summed E-state index contributed by atoms with van der Waals surface area (Å²) in [5.74, 6) is -0.365. The summed E-state index contributed by atoms with van der Waals surface area (Å²) >= 11 is 0. The van der Waals surface area contributed by atoms with Crippen LogP contribution in [0, 0.1) is 6.92 Å². The minimum atomic E-state index is -0.918. The molecule has 0 aliphatic rings. The molecule has 4 heteroatoms. The number of aliphatic carboxylic acids is 1. The van der Waals surface area contributed by atoms with E-state index in [-0.39, 0.29) is 6.42 Å². The lowest BCUT2D eigenvalue weighted by Gasteiger charge is -2.05. The lowest BCUT2D eigenvalue weighted by Crippen LogP contribution is -2.15. The number of aryl methyl sites for hydroxylation is 1. The zero-order valence-electron chi connectivity index (χ0n) is 6.78. The topological polar surface area (TPSA) is 76.5 Å². The van der Waals surface area contributed by atoms with Gasteiger partial charge in [-0.3, -0.25) is 4.79 Å². The molecule has 1 aromatic heterocycles. The Morgan fingerprint density at radius 1 is 1.83 bits per heavy atom. The summed E-state index contributed by atoms with van der Waals surface area (Å²) in [6, 6.07) is 1.22. The third-order valence-corrected chi connectivity index (χ3v) is 1.63. The second kappa shape index (κ2) is 3.40. The van der Waals surface area contributed by atoms with Gasteiger partial charge in [0.1, 0.15) is 5.76 Å². The van der Waals surface area contributed by atoms with E-state index in [4.69, 9.17) is 15.3 Å². The van der Waals surface area contributed by atoms with Gasteiger partial charge in [-0.25, -0.2) is 0 Å². The van der Waals surface area contributed by atoms with Gasteiger partial charge < -0.3 is 15.3 Å². The monoisotopic (exact) mass is 169 g/mol. The van der Waals surface area contributed by atoms with E-state index >= 15 is 0 Å². The minimum absolute atomic E-state index is 0.103. The van der Waals surface area contributed by atoms with E-state index in [1.807, 2.05) is 6.92 Å². The molecule has 1 aromatic rings. The Morgan fingerprint density at radius 3 is 2.92 bits per heavy atom. The summed E-state index contributed by atoms with van der Waals surface area (Å²) in [4.78, 5) is 10.3. The lowest BCUT2D eigenvalue weighted by molar-refractivity contribution is -0.137. The molecule has 66 valence electrons. The van der Waals surface area contributed by atoms with Crippen LogP contribution in [0.25, 0.3) is 0 Å². The quantitative estimate of drug-likeness (QED) is 0.709. The largest absolute Gasteiger partial charge is 0.481 e. The Hall–Kier alpha value is -1.29. The van der Waals surface area contributed by atoms with Crippen molar-refractivity contribution in [2.24, 2.45) is 5.73 Å². The van der Waals surface area contributed by atoms with Gasteiger partial charge in [-0.05, 0) is 18.6 Å². The summed E-state index contributed by atoms with van der Waals surface area (Å²) in [5.41, 5.74) is 6.46. The van der Waals surface area contributed by atoms with Crippen molar-refractivity contribution in [3.05, 3.63) is 23.7 Å². The van der Waals surface area contributed by atoms with Crippen LogP contribution >= 0.6 is 0 Å². The van der Waals surface area contributed by atoms with Crippen LogP contribution in [0.2, 0.25) is 0 Å². The van der Waals surface area contributed by atoms with Crippen molar-refractivity contribution < 1.29 is 14.3 Å². The minimum Gasteiger partial charge on any atom is -0.481 e. The third kappa shape index (κ3) is 1.85. The van der Waals surface area contributed by atoms with E-state index in [1.54, 1.807) is 6.07 Å². The molecule has 0 unspecified atom stereocenters. The Kier molecular flexibility index (Phi) is 2.50. The summed E-state index contributed by atoms with van der Waals surface area (Å²) in [5, 5.41) is 8.45. The van der Waals surface area contributed by atoms with Crippen molar-refractivity contribution in [2.45, 2.75) is 19.4 Å². The number of carboxylic acid groups (broad SMARTS) is 1. The maximum Gasteiger partial charge on any atom is 0.305 e. The van der Waals surface area contributed by atoms with Crippen LogP contribution in [0.1, 0.15) is 23.8 Å². The summed E-state index contributed by atoms with van der Waals surface area (Å²) in [6.07, 6.45) is 1.40. The highest BCUT2D eigenvalue weighted by Gasteiger charge is 2.15. The number of nitrogens with two attached hydrogens (primary N) is 1. The van der Waals surface area contributed by atoms with Crippen LogP contribution in [-0.2, 0) is 4.79 Å². The van der Waals surface area contributed by atoms with Crippen molar-refractivity contribution in [1.29, 1.82) is 0 Å². The molecular formula is C8H11NO3. The number of carbonyl (C=O) groups is 1. The zero-order chi connectivity index (χ0) is 9.14. The molecule has 1 rings (SSSR count). The van der Waals surface area contributed by atoms with Crippen LogP contribution in [0.3, 0.4) is 0 Å². The van der Waals surface area contributed by atoms with Crippen molar-refractivity contribution in [3.8, 4) is 0 Å². The van der Waals surface area contributed by atoms with Crippen molar-refractivity contribution in [3.63, 3.8) is 0 Å². The SMILES string of the molecule is Cc1ccoc1[C@@H](N)CC(=O)O. The molecule has 0 aliphatic carbocycles. The van der Waals surface area contributed by atoms with Crippen LogP contribution in [-0.4, -0.2) is 11.1 Å². The van der Waals surface area contributed by atoms with Crippen molar-refractivity contribution >= 4 is 5.97 Å². The maximum absolute atomic E-state index is 10.3. The molecular weight excluding hydrogens is 158 g/mol. The van der Waals surface area contributed by atoms with Crippen LogP contribution in [0.15, 0.2) is 16.7 Å². The number of hydrogen-bond acceptors (Lipinski definition) is 3. The van der Waals surface area contributed by atoms with Gasteiger partial charge in [0, 0.05) is 0 Å². The lowest BCUT2D eigenvalue weighted by atomic mass is 10.1. The van der Waals surface area contributed by atoms with Gasteiger partial charge >= 0.3 is 5.97 Å². The molecule has 1 atom stereocenters. The fourth-order valence-corrected chi connectivity index (χ4v) is 1.05. The van der Waals surface area contributed by atoms with E-state index in [0.29, 0.717) is 5.76 Å². The fraction of sp³-hybridized carbons (Fsp3) is 0.375. The molecule has 0 saturated heterocycles. The van der Waals surface area contributed by atoms with E-state index in [1.165, 1.54) is 6.26 Å². The first-order chi connectivity index (χ1) is 5.61. The van der Waals surface area contributed by atoms with Gasteiger partial charge in [0.25, 0.3) is 0 Å². The Bertz CT molecular complexity index is 280. The van der Waals surface area contributed by atoms with Crippen LogP contribution in [0.4, 0.5) is 0 Å². The van der Waals surface area contributed by atoms with Gasteiger partial charge in [-0.1, -0.05) is 0 Å². The normalized spacial score (nSPS) is 12.8. The second-order valence-electron chi connectivity index (χ2n) is 2.67. The van der Waals surface area contributed by atoms with E-state index in [9.17, 15) is 4.79 Å². The average molecular weight is 169 g/mol. The second-order valence-corrected chi connectivity index (χ2v) is 2.67. The third-order valence-electron chi connectivity index (χ3n) is 1.63. The molecule has 0 radical (unpaired) electrons. The smallest absolute Gasteiger partial charge is 0.305 e. The predicted octanol–water partition coefficient (Wildman–Crippen LogP) is 1.06. The van der Waals surface area contributed by atoms with Crippen molar-refractivity contribution in [2.75, 3.05) is 0 Å². The Labute approximate surface area is 70.0 Å². The summed E-state index contributed by atoms with van der Waals surface area (Å²) in [6.45, 7) is 1.83. The van der Waals surface area contributed by atoms with E-state index in [0.717, 1.165) is 5.56 Å². The summed E-state index contributed by atoms with van der Waals surface area (Å²) < 4.78 is 5.04. The van der Waals surface area contributed by atoms with Gasteiger partial charge in [-0.2, -0.15) is 0 Å². The number of hydrogen-bond donors (Lipinski definition) is 2. The molecule has 0 amide bonds. The van der Waals surface area contributed by atoms with Gasteiger partial charge in [0.15, 0.2) is 0 Å². The molecule has 0 aromatic carbocycles. The number of rotatable bonds is 3. The fourth-order valence-electron chi connectivity index (χ4n) is 1.05. The number of furan rings is 1. The highest BCUT2D eigenvalue weighted by Crippen LogP contribution is 2.18. The predicted molar refractivity (Wildman–Crippen MR) is 42.6 cm³/mol. The van der Waals surface area contributed by atoms with Crippen LogP contribution < -0.4 is 5.73 Å².